The van der Waals surface area contributed by atoms with E-state index in [4.69, 9.17) is 0 Å². The molecule has 1 aromatic heterocycles. The molecule has 0 unspecified atom stereocenters. The minimum atomic E-state index is -0.235. The highest BCUT2D eigenvalue weighted by Crippen LogP contribution is 2.10. The Kier molecular flexibility index (Phi) is 4.44. The highest BCUT2D eigenvalue weighted by Gasteiger charge is 1.98. The summed E-state index contributed by atoms with van der Waals surface area (Å²) in [6.45, 7) is 4.86. The lowest BCUT2D eigenvalue weighted by Crippen LogP contribution is -2.05. The zero-order chi connectivity index (χ0) is 13.5. The maximum absolute atomic E-state index is 12.8. The molecule has 1 aromatic carbocycles. The highest BCUT2D eigenvalue weighted by molar-refractivity contribution is 5.46. The number of nitrogens with one attached hydrogen (secondary N) is 2. The van der Waals surface area contributed by atoms with Crippen LogP contribution in [-0.4, -0.2) is 16.5 Å². The van der Waals surface area contributed by atoms with Gasteiger partial charge in [-0.3, -0.25) is 0 Å². The summed E-state index contributed by atoms with van der Waals surface area (Å²) in [4.78, 5) is 8.20. The number of aromatic nitrogens is 2. The van der Waals surface area contributed by atoms with Crippen molar-refractivity contribution in [2.75, 3.05) is 17.2 Å². The van der Waals surface area contributed by atoms with Crippen molar-refractivity contribution < 1.29 is 4.39 Å². The van der Waals surface area contributed by atoms with Crippen molar-refractivity contribution in [1.82, 2.24) is 9.97 Å². The fraction of sp³-hybridized carbons (Fsp3) is 0.143. The van der Waals surface area contributed by atoms with E-state index in [9.17, 15) is 4.39 Å². The molecule has 2 aromatic rings. The third-order valence-electron chi connectivity index (χ3n) is 2.48. The second-order valence-electron chi connectivity index (χ2n) is 3.94. The van der Waals surface area contributed by atoms with E-state index in [0.29, 0.717) is 18.9 Å². The van der Waals surface area contributed by atoms with Crippen LogP contribution in [0.25, 0.3) is 0 Å². The summed E-state index contributed by atoms with van der Waals surface area (Å²) in [7, 11) is 0. The number of hydrogen-bond donors (Lipinski definition) is 2. The lowest BCUT2D eigenvalue weighted by Gasteiger charge is -2.07. The van der Waals surface area contributed by atoms with E-state index in [-0.39, 0.29) is 5.82 Å². The van der Waals surface area contributed by atoms with E-state index >= 15 is 0 Å². The van der Waals surface area contributed by atoms with E-state index < -0.39 is 0 Å². The summed E-state index contributed by atoms with van der Waals surface area (Å²) in [6.07, 6.45) is 3.24. The second kappa shape index (κ2) is 6.49. The van der Waals surface area contributed by atoms with Gasteiger partial charge in [0.05, 0.1) is 0 Å². The zero-order valence-corrected chi connectivity index (χ0v) is 10.4. The highest BCUT2D eigenvalue weighted by atomic mass is 19.1. The van der Waals surface area contributed by atoms with Gasteiger partial charge >= 0.3 is 0 Å². The van der Waals surface area contributed by atoms with Gasteiger partial charge in [0.15, 0.2) is 0 Å². The first-order chi connectivity index (χ1) is 9.28. The van der Waals surface area contributed by atoms with Gasteiger partial charge in [-0.05, 0) is 17.7 Å². The van der Waals surface area contributed by atoms with Crippen LogP contribution in [0, 0.1) is 5.82 Å². The third kappa shape index (κ3) is 4.06. The standard InChI is InChI=1S/C14H15FN4/c1-2-7-16-13-8-14(19-10-18-13)17-9-11-3-5-12(15)6-4-11/h2-6,8,10H,1,7,9H2,(H2,16,17,18,19). The zero-order valence-electron chi connectivity index (χ0n) is 10.4. The Morgan fingerprint density at radius 2 is 1.79 bits per heavy atom. The van der Waals surface area contributed by atoms with E-state index in [1.807, 2.05) is 6.07 Å². The quantitative estimate of drug-likeness (QED) is 0.782. The summed E-state index contributed by atoms with van der Waals surface area (Å²) < 4.78 is 12.8. The molecule has 4 nitrogen and oxygen atoms in total. The number of halogens is 1. The van der Waals surface area contributed by atoms with Gasteiger partial charge in [0, 0.05) is 19.2 Å². The molecule has 0 amide bonds. The predicted octanol–water partition coefficient (Wildman–Crippen LogP) is 2.83. The van der Waals surface area contributed by atoms with Crippen molar-refractivity contribution in [2.24, 2.45) is 0 Å². The monoisotopic (exact) mass is 258 g/mol. The molecule has 0 fully saturated rings. The van der Waals surface area contributed by atoms with E-state index in [1.165, 1.54) is 18.5 Å². The maximum atomic E-state index is 12.8. The summed E-state index contributed by atoms with van der Waals surface area (Å²) in [5.74, 6) is 1.21. The molecule has 19 heavy (non-hydrogen) atoms. The largest absolute Gasteiger partial charge is 0.366 e. The molecule has 2 rings (SSSR count). The smallest absolute Gasteiger partial charge is 0.131 e. The lowest BCUT2D eigenvalue weighted by atomic mass is 10.2. The topological polar surface area (TPSA) is 49.8 Å². The second-order valence-corrected chi connectivity index (χ2v) is 3.94. The van der Waals surface area contributed by atoms with Crippen molar-refractivity contribution in [2.45, 2.75) is 6.54 Å². The summed E-state index contributed by atoms with van der Waals surface area (Å²) in [5, 5.41) is 6.24. The lowest BCUT2D eigenvalue weighted by molar-refractivity contribution is 0.627. The fourth-order valence-electron chi connectivity index (χ4n) is 1.52. The van der Waals surface area contributed by atoms with Crippen LogP contribution in [0.3, 0.4) is 0 Å². The molecule has 0 saturated carbocycles. The molecule has 5 heteroatoms. The molecular formula is C14H15FN4. The van der Waals surface area contributed by atoms with E-state index in [0.717, 1.165) is 11.4 Å². The Balaban J connectivity index is 1.95. The molecule has 0 aliphatic heterocycles. The van der Waals surface area contributed by atoms with Gasteiger partial charge in [0.2, 0.25) is 0 Å². The summed E-state index contributed by atoms with van der Waals surface area (Å²) in [6, 6.07) is 8.16. The Bertz CT molecular complexity index is 539. The first-order valence-corrected chi connectivity index (χ1v) is 5.93. The molecule has 1 heterocycles. The number of anilines is 2. The molecule has 0 atom stereocenters. The Morgan fingerprint density at radius 3 is 2.47 bits per heavy atom. The van der Waals surface area contributed by atoms with E-state index in [1.54, 1.807) is 18.2 Å². The Labute approximate surface area is 111 Å². The predicted molar refractivity (Wildman–Crippen MR) is 74.4 cm³/mol. The number of hydrogen-bond acceptors (Lipinski definition) is 4. The molecule has 0 aliphatic carbocycles. The number of nitrogens with zero attached hydrogens (tertiary/aromatic N) is 2. The third-order valence-corrected chi connectivity index (χ3v) is 2.48. The molecule has 0 saturated heterocycles. The summed E-state index contributed by atoms with van der Waals surface area (Å²) >= 11 is 0. The van der Waals surface area contributed by atoms with Crippen molar-refractivity contribution in [1.29, 1.82) is 0 Å². The van der Waals surface area contributed by atoms with Gasteiger partial charge in [-0.25, -0.2) is 14.4 Å². The van der Waals surface area contributed by atoms with Crippen LogP contribution in [0.4, 0.5) is 16.0 Å². The SMILES string of the molecule is C=CCNc1cc(NCc2ccc(F)cc2)ncn1. The van der Waals surface area contributed by atoms with Crippen LogP contribution in [0.15, 0.2) is 49.3 Å². The van der Waals surface area contributed by atoms with Gasteiger partial charge in [-0.15, -0.1) is 6.58 Å². The molecular weight excluding hydrogens is 243 g/mol. The van der Waals surface area contributed by atoms with Crippen molar-refractivity contribution in [3.63, 3.8) is 0 Å². The minimum absolute atomic E-state index is 0.235. The van der Waals surface area contributed by atoms with E-state index in [2.05, 4.69) is 27.2 Å². The molecule has 0 radical (unpaired) electrons. The van der Waals surface area contributed by atoms with Crippen LogP contribution in [0.2, 0.25) is 0 Å². The van der Waals surface area contributed by atoms with Crippen LogP contribution in [0.1, 0.15) is 5.56 Å². The molecule has 2 N–H and O–H groups in total. The van der Waals surface area contributed by atoms with Crippen LogP contribution in [-0.2, 0) is 6.54 Å². The molecule has 0 aliphatic rings. The van der Waals surface area contributed by atoms with Crippen molar-refractivity contribution in [3.8, 4) is 0 Å². The summed E-state index contributed by atoms with van der Waals surface area (Å²) in [5.41, 5.74) is 0.987. The van der Waals surface area contributed by atoms with Crippen LogP contribution < -0.4 is 10.6 Å². The maximum Gasteiger partial charge on any atom is 0.131 e. The van der Waals surface area contributed by atoms with Gasteiger partial charge in [-0.2, -0.15) is 0 Å². The van der Waals surface area contributed by atoms with Crippen molar-refractivity contribution in [3.05, 3.63) is 60.7 Å². The molecule has 0 bridgehead atoms. The number of rotatable bonds is 6. The average molecular weight is 258 g/mol. The van der Waals surface area contributed by atoms with Crippen molar-refractivity contribution >= 4 is 11.6 Å². The number of benzene rings is 1. The van der Waals surface area contributed by atoms with Gasteiger partial charge < -0.3 is 10.6 Å². The molecule has 0 spiro atoms. The molecule has 98 valence electrons. The Hall–Kier alpha value is -2.43. The normalized spacial score (nSPS) is 9.95. The van der Waals surface area contributed by atoms with Crippen LogP contribution >= 0.6 is 0 Å². The first-order valence-electron chi connectivity index (χ1n) is 5.93. The average Bonchev–Trinajstić information content (AvgIpc) is 2.45. The minimum Gasteiger partial charge on any atom is -0.366 e. The van der Waals surface area contributed by atoms with Gasteiger partial charge in [-0.1, -0.05) is 18.2 Å². The fourth-order valence-corrected chi connectivity index (χ4v) is 1.52. The van der Waals surface area contributed by atoms with Crippen LogP contribution in [0.5, 0.6) is 0 Å². The van der Waals surface area contributed by atoms with Gasteiger partial charge in [0.1, 0.15) is 23.8 Å². The Morgan fingerprint density at radius 1 is 1.11 bits per heavy atom. The van der Waals surface area contributed by atoms with Gasteiger partial charge in [0.25, 0.3) is 0 Å². The first kappa shape index (κ1) is 13.0.